The van der Waals surface area contributed by atoms with Crippen molar-refractivity contribution in [2.24, 2.45) is 5.14 Å². The van der Waals surface area contributed by atoms with Crippen molar-refractivity contribution in [2.75, 3.05) is 4.90 Å². The number of carbonyl (C=O) groups excluding carboxylic acids is 1. The molecule has 0 amide bonds. The highest BCUT2D eigenvalue weighted by Gasteiger charge is 2.28. The van der Waals surface area contributed by atoms with E-state index in [0.29, 0.717) is 6.54 Å². The molecular formula is C21H26N2O3S. The van der Waals surface area contributed by atoms with E-state index in [4.69, 9.17) is 5.14 Å². The monoisotopic (exact) mass is 386 g/mol. The first kappa shape index (κ1) is 19.6. The second-order valence-electron chi connectivity index (χ2n) is 7.56. The van der Waals surface area contributed by atoms with Gasteiger partial charge in [-0.25, -0.2) is 13.6 Å². The molecular weight excluding hydrogens is 360 g/mol. The first-order valence-electron chi connectivity index (χ1n) is 9.03. The number of sulfonamides is 1. The van der Waals surface area contributed by atoms with Gasteiger partial charge in [0.05, 0.1) is 4.90 Å². The smallest absolute Gasteiger partial charge is 0.238 e. The van der Waals surface area contributed by atoms with Crippen molar-refractivity contribution < 1.29 is 13.2 Å². The minimum atomic E-state index is -3.71. The average Bonchev–Trinajstić information content (AvgIpc) is 2.84. The largest absolute Gasteiger partial charge is 0.364 e. The number of fused-ring (bicyclic) bond motifs is 1. The maximum atomic E-state index is 12.1. The molecule has 2 aromatic rings. The zero-order valence-corrected chi connectivity index (χ0v) is 17.3. The fraction of sp³-hybridized carbons (Fsp3) is 0.381. The maximum absolute atomic E-state index is 12.1. The van der Waals surface area contributed by atoms with Gasteiger partial charge in [-0.3, -0.25) is 4.79 Å². The summed E-state index contributed by atoms with van der Waals surface area (Å²) in [7, 11) is -3.71. The van der Waals surface area contributed by atoms with E-state index in [2.05, 4.69) is 24.8 Å². The highest BCUT2D eigenvalue weighted by molar-refractivity contribution is 7.89. The number of rotatable bonds is 4. The van der Waals surface area contributed by atoms with Crippen molar-refractivity contribution in [3.8, 4) is 0 Å². The number of hydrogen-bond acceptors (Lipinski definition) is 4. The molecule has 0 saturated heterocycles. The fourth-order valence-electron chi connectivity index (χ4n) is 4.27. The molecule has 144 valence electrons. The topological polar surface area (TPSA) is 80.5 Å². The summed E-state index contributed by atoms with van der Waals surface area (Å²) in [6, 6.07) is 7.39. The molecule has 0 spiro atoms. The van der Waals surface area contributed by atoms with Crippen molar-refractivity contribution >= 4 is 21.5 Å². The first-order chi connectivity index (χ1) is 12.5. The highest BCUT2D eigenvalue weighted by atomic mass is 32.2. The summed E-state index contributed by atoms with van der Waals surface area (Å²) in [5.74, 6) is 0.0823. The van der Waals surface area contributed by atoms with E-state index in [1.165, 1.54) is 0 Å². The molecule has 6 heteroatoms. The summed E-state index contributed by atoms with van der Waals surface area (Å²) >= 11 is 0. The van der Waals surface area contributed by atoms with Crippen LogP contribution in [0.1, 0.15) is 52.0 Å². The molecule has 0 aromatic heterocycles. The molecule has 27 heavy (non-hydrogen) atoms. The molecule has 0 saturated carbocycles. The molecule has 2 N–H and O–H groups in total. The van der Waals surface area contributed by atoms with Crippen molar-refractivity contribution in [1.82, 2.24) is 0 Å². The quantitative estimate of drug-likeness (QED) is 0.817. The van der Waals surface area contributed by atoms with Gasteiger partial charge in [-0.15, -0.1) is 0 Å². The number of nitrogens with zero attached hydrogens (tertiary/aromatic N) is 1. The molecule has 1 aliphatic heterocycles. The van der Waals surface area contributed by atoms with Crippen LogP contribution in [0.4, 0.5) is 5.69 Å². The van der Waals surface area contributed by atoms with Gasteiger partial charge in [0.2, 0.25) is 10.0 Å². The number of aryl methyl sites for hydroxylation is 2. The number of Topliss-reactive ketones (excluding diaryl/α,β-unsaturated/α-hetero) is 1. The Morgan fingerprint density at radius 1 is 1.19 bits per heavy atom. The van der Waals surface area contributed by atoms with Crippen molar-refractivity contribution in [2.45, 2.75) is 58.5 Å². The number of anilines is 1. The fourth-order valence-corrected chi connectivity index (χ4v) is 4.84. The Morgan fingerprint density at radius 3 is 2.44 bits per heavy atom. The lowest BCUT2D eigenvalue weighted by atomic mass is 9.91. The molecule has 1 atom stereocenters. The minimum absolute atomic E-state index is 0.0823. The van der Waals surface area contributed by atoms with E-state index < -0.39 is 10.0 Å². The summed E-state index contributed by atoms with van der Waals surface area (Å²) in [5.41, 5.74) is 7.17. The Balaban J connectivity index is 2.04. The Morgan fingerprint density at radius 2 is 1.85 bits per heavy atom. The van der Waals surface area contributed by atoms with E-state index in [0.717, 1.165) is 45.5 Å². The molecule has 5 nitrogen and oxygen atoms in total. The van der Waals surface area contributed by atoms with Gasteiger partial charge in [-0.2, -0.15) is 0 Å². The number of benzene rings is 2. The molecule has 1 aliphatic rings. The van der Waals surface area contributed by atoms with Crippen LogP contribution in [0.2, 0.25) is 0 Å². The van der Waals surface area contributed by atoms with Crippen LogP contribution < -0.4 is 10.0 Å². The van der Waals surface area contributed by atoms with Crippen LogP contribution in [-0.4, -0.2) is 20.2 Å². The van der Waals surface area contributed by atoms with Gasteiger partial charge >= 0.3 is 0 Å². The summed E-state index contributed by atoms with van der Waals surface area (Å²) in [6.07, 6.45) is 0.766. The second-order valence-corrected chi connectivity index (χ2v) is 9.12. The molecule has 0 bridgehead atoms. The molecule has 0 radical (unpaired) electrons. The van der Waals surface area contributed by atoms with Crippen LogP contribution in [-0.2, 0) is 23.0 Å². The Bertz CT molecular complexity index is 1040. The molecule has 0 unspecified atom stereocenters. The molecule has 3 rings (SSSR count). The van der Waals surface area contributed by atoms with E-state index in [1.807, 2.05) is 19.9 Å². The molecule has 0 aliphatic carbocycles. The minimum Gasteiger partial charge on any atom is -0.364 e. The maximum Gasteiger partial charge on any atom is 0.238 e. The van der Waals surface area contributed by atoms with Crippen LogP contribution in [0.5, 0.6) is 0 Å². The number of hydrogen-bond donors (Lipinski definition) is 1. The lowest BCUT2D eigenvalue weighted by Gasteiger charge is -2.28. The van der Waals surface area contributed by atoms with Gasteiger partial charge in [0.1, 0.15) is 0 Å². The third kappa shape index (κ3) is 3.51. The van der Waals surface area contributed by atoms with E-state index in [1.54, 1.807) is 19.1 Å². The Hall–Kier alpha value is -2.18. The van der Waals surface area contributed by atoms with Gasteiger partial charge in [0.25, 0.3) is 0 Å². The molecule has 0 fully saturated rings. The van der Waals surface area contributed by atoms with Crippen LogP contribution in [0.15, 0.2) is 29.2 Å². The number of carbonyl (C=O) groups is 1. The number of ketones is 1. The second kappa shape index (κ2) is 6.77. The van der Waals surface area contributed by atoms with Crippen LogP contribution in [0.3, 0.4) is 0 Å². The first-order valence-corrected chi connectivity index (χ1v) is 10.6. The lowest BCUT2D eigenvalue weighted by Crippen LogP contribution is -2.29. The average molecular weight is 387 g/mol. The van der Waals surface area contributed by atoms with E-state index >= 15 is 0 Å². The Labute approximate surface area is 161 Å². The van der Waals surface area contributed by atoms with Gasteiger partial charge in [0.15, 0.2) is 5.78 Å². The molecule has 1 heterocycles. The standard InChI is InChI=1S/C21H26N2O3S/c1-12-8-13(2)21(16(5)24)15(4)19(12)11-23-14(3)9-17-10-18(27(22,25)26)6-7-20(17)23/h6-8,10,14H,9,11H2,1-5H3,(H2,22,25,26)/t14-/m1/s1. The Kier molecular flexibility index (Phi) is 4.91. The SMILES string of the molecule is CC(=O)c1c(C)cc(C)c(CN2c3ccc(S(N)(=O)=O)cc3C[C@H]2C)c1C. The molecule has 2 aromatic carbocycles. The van der Waals surface area contributed by atoms with Gasteiger partial charge in [-0.05, 0) is 87.1 Å². The van der Waals surface area contributed by atoms with Gasteiger partial charge < -0.3 is 4.90 Å². The van der Waals surface area contributed by atoms with Crippen molar-refractivity contribution in [3.05, 3.63) is 57.6 Å². The van der Waals surface area contributed by atoms with Crippen LogP contribution in [0, 0.1) is 20.8 Å². The number of primary sulfonamides is 1. The predicted octanol–water partition coefficient (Wildman–Crippen LogP) is 3.41. The van der Waals surface area contributed by atoms with Gasteiger partial charge in [0, 0.05) is 23.8 Å². The predicted molar refractivity (Wildman–Crippen MR) is 108 cm³/mol. The highest BCUT2D eigenvalue weighted by Crippen LogP contribution is 2.36. The van der Waals surface area contributed by atoms with Gasteiger partial charge in [-0.1, -0.05) is 6.07 Å². The van der Waals surface area contributed by atoms with E-state index in [-0.39, 0.29) is 16.7 Å². The zero-order valence-electron chi connectivity index (χ0n) is 16.5. The zero-order chi connectivity index (χ0) is 20.1. The third-order valence-corrected chi connectivity index (χ3v) is 6.46. The lowest BCUT2D eigenvalue weighted by molar-refractivity contribution is 0.101. The van der Waals surface area contributed by atoms with Crippen molar-refractivity contribution in [3.63, 3.8) is 0 Å². The van der Waals surface area contributed by atoms with E-state index in [9.17, 15) is 13.2 Å². The summed E-state index contributed by atoms with van der Waals surface area (Å²) in [5, 5.41) is 5.27. The summed E-state index contributed by atoms with van der Waals surface area (Å²) in [4.78, 5) is 14.5. The van der Waals surface area contributed by atoms with Crippen molar-refractivity contribution in [1.29, 1.82) is 0 Å². The number of nitrogens with two attached hydrogens (primary N) is 1. The normalized spacial score (nSPS) is 16.5. The third-order valence-electron chi connectivity index (χ3n) is 5.55. The summed E-state index contributed by atoms with van der Waals surface area (Å²) in [6.45, 7) is 10.5. The van der Waals surface area contributed by atoms with Crippen LogP contribution >= 0.6 is 0 Å². The summed E-state index contributed by atoms with van der Waals surface area (Å²) < 4.78 is 23.3. The van der Waals surface area contributed by atoms with Crippen LogP contribution in [0.25, 0.3) is 0 Å².